The van der Waals surface area contributed by atoms with Crippen LogP contribution in [0.2, 0.25) is 0 Å². The molecule has 1 aromatic rings. The Labute approximate surface area is 121 Å². The third-order valence-corrected chi connectivity index (χ3v) is 3.68. The molecule has 1 fully saturated rings. The number of amides is 1. The lowest BCUT2D eigenvalue weighted by molar-refractivity contribution is -0.130. The molecular weight excluding hydrogens is 260 g/mol. The number of likely N-dealkylation sites (tertiary alicyclic amines) is 1. The van der Waals surface area contributed by atoms with Crippen molar-refractivity contribution in [2.24, 2.45) is 5.73 Å². The third-order valence-electron chi connectivity index (χ3n) is 3.68. The number of hydrogen-bond acceptors (Lipinski definition) is 2. The largest absolute Gasteiger partial charge is 0.341 e. The Hall–Kier alpha value is -1.06. The summed E-state index contributed by atoms with van der Waals surface area (Å²) in [5.74, 6) is 0.239. The Balaban J connectivity index is 0.00000180. The van der Waals surface area contributed by atoms with E-state index in [2.05, 4.69) is 32.0 Å². The number of hydrogen-bond donors (Lipinski definition) is 1. The summed E-state index contributed by atoms with van der Waals surface area (Å²) in [7, 11) is 0. The molecular formula is C15H23ClN2O. The maximum Gasteiger partial charge on any atom is 0.222 e. The van der Waals surface area contributed by atoms with Crippen LogP contribution in [-0.4, -0.2) is 29.9 Å². The minimum absolute atomic E-state index is 0. The smallest absolute Gasteiger partial charge is 0.222 e. The zero-order chi connectivity index (χ0) is 13.1. The summed E-state index contributed by atoms with van der Waals surface area (Å²) in [5.41, 5.74) is 9.64. The van der Waals surface area contributed by atoms with Crippen LogP contribution < -0.4 is 5.73 Å². The van der Waals surface area contributed by atoms with E-state index in [4.69, 9.17) is 5.73 Å². The molecule has 1 aliphatic rings. The van der Waals surface area contributed by atoms with Crippen LogP contribution in [0.25, 0.3) is 0 Å². The summed E-state index contributed by atoms with van der Waals surface area (Å²) in [4.78, 5) is 13.9. The minimum atomic E-state index is 0. The summed E-state index contributed by atoms with van der Waals surface area (Å²) in [6.45, 7) is 5.75. The van der Waals surface area contributed by atoms with Crippen LogP contribution in [0.1, 0.15) is 29.5 Å². The van der Waals surface area contributed by atoms with Gasteiger partial charge in [0.05, 0.1) is 0 Å². The van der Waals surface area contributed by atoms with Crippen LogP contribution in [0, 0.1) is 13.8 Å². The molecule has 0 bridgehead atoms. The highest BCUT2D eigenvalue weighted by molar-refractivity contribution is 5.85. The number of halogens is 1. The van der Waals surface area contributed by atoms with Gasteiger partial charge in [0.1, 0.15) is 0 Å². The van der Waals surface area contributed by atoms with Gasteiger partial charge in [-0.3, -0.25) is 4.79 Å². The molecule has 0 spiro atoms. The lowest BCUT2D eigenvalue weighted by Crippen LogP contribution is -2.32. The SMILES string of the molecule is Cc1ccc(CCC(=O)N2CC[C@H](N)C2)c(C)c1.Cl. The highest BCUT2D eigenvalue weighted by atomic mass is 35.5. The second kappa shape index (κ2) is 6.92. The standard InChI is InChI=1S/C15H22N2O.ClH/c1-11-3-4-13(12(2)9-11)5-6-15(18)17-8-7-14(16)10-17;/h3-4,9,14H,5-8,10,16H2,1-2H3;1H/t14-;/m0./s1. The molecule has 2 rings (SSSR count). The van der Waals surface area contributed by atoms with Crippen molar-refractivity contribution in [3.8, 4) is 0 Å². The molecule has 1 amide bonds. The molecule has 106 valence electrons. The molecule has 0 aliphatic carbocycles. The van der Waals surface area contributed by atoms with Crippen molar-refractivity contribution in [3.63, 3.8) is 0 Å². The molecule has 0 aromatic heterocycles. The Morgan fingerprint density at radius 2 is 2.16 bits per heavy atom. The van der Waals surface area contributed by atoms with Crippen molar-refractivity contribution in [2.75, 3.05) is 13.1 Å². The van der Waals surface area contributed by atoms with Gasteiger partial charge in [-0.2, -0.15) is 0 Å². The van der Waals surface area contributed by atoms with E-state index in [0.717, 1.165) is 25.9 Å². The van der Waals surface area contributed by atoms with Crippen molar-refractivity contribution in [1.29, 1.82) is 0 Å². The zero-order valence-corrected chi connectivity index (χ0v) is 12.5. The summed E-state index contributed by atoms with van der Waals surface area (Å²) >= 11 is 0. The maximum atomic E-state index is 12.0. The number of carbonyl (C=O) groups excluding carboxylic acids is 1. The van der Waals surface area contributed by atoms with Crippen molar-refractivity contribution >= 4 is 18.3 Å². The van der Waals surface area contributed by atoms with Gasteiger partial charge in [0.25, 0.3) is 0 Å². The van der Waals surface area contributed by atoms with E-state index in [1.54, 1.807) is 0 Å². The quantitative estimate of drug-likeness (QED) is 0.924. The lowest BCUT2D eigenvalue weighted by Gasteiger charge is -2.16. The number of carbonyl (C=O) groups is 1. The van der Waals surface area contributed by atoms with Gasteiger partial charge in [-0.15, -0.1) is 12.4 Å². The van der Waals surface area contributed by atoms with Crippen molar-refractivity contribution in [1.82, 2.24) is 4.90 Å². The van der Waals surface area contributed by atoms with E-state index in [0.29, 0.717) is 6.42 Å². The molecule has 1 saturated heterocycles. The van der Waals surface area contributed by atoms with Crippen LogP contribution in [0.4, 0.5) is 0 Å². The van der Waals surface area contributed by atoms with E-state index < -0.39 is 0 Å². The number of nitrogens with two attached hydrogens (primary N) is 1. The van der Waals surface area contributed by atoms with Gasteiger partial charge in [0.2, 0.25) is 5.91 Å². The van der Waals surface area contributed by atoms with Gasteiger partial charge in [-0.1, -0.05) is 23.8 Å². The highest BCUT2D eigenvalue weighted by Gasteiger charge is 2.23. The van der Waals surface area contributed by atoms with Crippen LogP contribution in [0.5, 0.6) is 0 Å². The van der Waals surface area contributed by atoms with Gasteiger partial charge in [0, 0.05) is 25.6 Å². The van der Waals surface area contributed by atoms with Crippen molar-refractivity contribution in [3.05, 3.63) is 34.9 Å². The predicted molar refractivity (Wildman–Crippen MR) is 80.7 cm³/mol. The lowest BCUT2D eigenvalue weighted by atomic mass is 10.0. The second-order valence-electron chi connectivity index (χ2n) is 5.32. The van der Waals surface area contributed by atoms with Gasteiger partial charge in [-0.25, -0.2) is 0 Å². The van der Waals surface area contributed by atoms with Gasteiger partial charge >= 0.3 is 0 Å². The fourth-order valence-corrected chi connectivity index (χ4v) is 2.54. The van der Waals surface area contributed by atoms with E-state index in [9.17, 15) is 4.79 Å². The van der Waals surface area contributed by atoms with Crippen LogP contribution in [0.15, 0.2) is 18.2 Å². The Morgan fingerprint density at radius 1 is 1.42 bits per heavy atom. The average molecular weight is 283 g/mol. The molecule has 3 nitrogen and oxygen atoms in total. The van der Waals surface area contributed by atoms with Crippen molar-refractivity contribution < 1.29 is 4.79 Å². The zero-order valence-electron chi connectivity index (χ0n) is 11.7. The average Bonchev–Trinajstić information content (AvgIpc) is 2.74. The van der Waals surface area contributed by atoms with Crippen LogP contribution >= 0.6 is 12.4 Å². The summed E-state index contributed by atoms with van der Waals surface area (Å²) in [6.07, 6.45) is 2.36. The molecule has 1 heterocycles. The fraction of sp³-hybridized carbons (Fsp3) is 0.533. The minimum Gasteiger partial charge on any atom is -0.341 e. The fourth-order valence-electron chi connectivity index (χ4n) is 2.54. The van der Waals surface area contributed by atoms with Crippen LogP contribution in [-0.2, 0) is 11.2 Å². The second-order valence-corrected chi connectivity index (χ2v) is 5.32. The molecule has 2 N–H and O–H groups in total. The Bertz CT molecular complexity index is 448. The van der Waals surface area contributed by atoms with E-state index >= 15 is 0 Å². The van der Waals surface area contributed by atoms with Crippen molar-refractivity contribution in [2.45, 2.75) is 39.2 Å². The normalized spacial score (nSPS) is 18.3. The first-order valence-corrected chi connectivity index (χ1v) is 6.66. The molecule has 0 unspecified atom stereocenters. The molecule has 19 heavy (non-hydrogen) atoms. The first kappa shape index (κ1) is 16.0. The number of benzene rings is 1. The first-order valence-electron chi connectivity index (χ1n) is 6.66. The van der Waals surface area contributed by atoms with Crippen LogP contribution in [0.3, 0.4) is 0 Å². The summed E-state index contributed by atoms with van der Waals surface area (Å²) in [5, 5.41) is 0. The topological polar surface area (TPSA) is 46.3 Å². The van der Waals surface area contributed by atoms with E-state index in [1.807, 2.05) is 4.90 Å². The predicted octanol–water partition coefficient (Wildman–Crippen LogP) is 2.22. The molecule has 0 saturated carbocycles. The third kappa shape index (κ3) is 4.22. The highest BCUT2D eigenvalue weighted by Crippen LogP contribution is 2.15. The number of aryl methyl sites for hydroxylation is 3. The van der Waals surface area contributed by atoms with E-state index in [1.165, 1.54) is 16.7 Å². The summed E-state index contributed by atoms with van der Waals surface area (Å²) < 4.78 is 0. The van der Waals surface area contributed by atoms with Gasteiger partial charge in [0.15, 0.2) is 0 Å². The molecule has 1 aromatic carbocycles. The Kier molecular flexibility index (Phi) is 5.83. The monoisotopic (exact) mass is 282 g/mol. The maximum absolute atomic E-state index is 12.0. The summed E-state index contributed by atoms with van der Waals surface area (Å²) in [6, 6.07) is 6.59. The first-order chi connectivity index (χ1) is 8.56. The van der Waals surface area contributed by atoms with E-state index in [-0.39, 0.29) is 24.4 Å². The number of rotatable bonds is 3. The van der Waals surface area contributed by atoms with Gasteiger partial charge in [-0.05, 0) is 37.8 Å². The number of nitrogens with zero attached hydrogens (tertiary/aromatic N) is 1. The molecule has 4 heteroatoms. The molecule has 0 radical (unpaired) electrons. The molecule has 1 aliphatic heterocycles. The van der Waals surface area contributed by atoms with Gasteiger partial charge < -0.3 is 10.6 Å². The molecule has 1 atom stereocenters. The Morgan fingerprint density at radius 3 is 2.74 bits per heavy atom.